The van der Waals surface area contributed by atoms with E-state index in [-0.39, 0.29) is 10.7 Å². The van der Waals surface area contributed by atoms with Gasteiger partial charge in [0.15, 0.2) is 10.9 Å². The van der Waals surface area contributed by atoms with E-state index in [1.165, 1.54) is 25.1 Å². The Kier molecular flexibility index (Phi) is 6.57. The number of rotatable bonds is 6. The lowest BCUT2D eigenvalue weighted by Crippen LogP contribution is -2.15. The number of carbonyl (C=O) groups excluding carboxylic acids is 2. The molecule has 1 aromatic heterocycles. The van der Waals surface area contributed by atoms with Crippen LogP contribution in [0.4, 0.5) is 5.69 Å². The predicted octanol–water partition coefficient (Wildman–Crippen LogP) is 3.67. The molecule has 0 aliphatic rings. The Hall–Kier alpha value is -2.12. The van der Waals surface area contributed by atoms with Gasteiger partial charge in [-0.1, -0.05) is 30.3 Å². The highest BCUT2D eigenvalue weighted by molar-refractivity contribution is 7.99. The van der Waals surface area contributed by atoms with Crippen molar-refractivity contribution >= 4 is 40.9 Å². The number of esters is 1. The van der Waals surface area contributed by atoms with Gasteiger partial charge in [0.2, 0.25) is 0 Å². The Morgan fingerprint density at radius 1 is 1.29 bits per heavy atom. The molecule has 0 spiro atoms. The van der Waals surface area contributed by atoms with E-state index in [2.05, 4.69) is 26.9 Å². The SMILES string of the molecule is CCCSc1ncc(Cl)c(C(=O)Nc2ccc(C(=O)OC)cc2)n1. The van der Waals surface area contributed by atoms with Crippen molar-refractivity contribution in [1.82, 2.24) is 9.97 Å². The molecule has 2 rings (SSSR count). The van der Waals surface area contributed by atoms with Crippen molar-refractivity contribution in [2.45, 2.75) is 18.5 Å². The third kappa shape index (κ3) is 4.69. The number of hydrogen-bond acceptors (Lipinski definition) is 6. The van der Waals surface area contributed by atoms with Crippen molar-refractivity contribution < 1.29 is 14.3 Å². The molecule has 126 valence electrons. The van der Waals surface area contributed by atoms with E-state index < -0.39 is 11.9 Å². The molecule has 0 aliphatic heterocycles. The molecular weight excluding hydrogens is 350 g/mol. The van der Waals surface area contributed by atoms with Crippen molar-refractivity contribution in [3.8, 4) is 0 Å². The van der Waals surface area contributed by atoms with E-state index in [0.717, 1.165) is 12.2 Å². The van der Waals surface area contributed by atoms with Crippen molar-refractivity contribution in [2.75, 3.05) is 18.2 Å². The van der Waals surface area contributed by atoms with Gasteiger partial charge in [-0.3, -0.25) is 4.79 Å². The zero-order valence-electron chi connectivity index (χ0n) is 13.2. The molecule has 1 heterocycles. The van der Waals surface area contributed by atoms with Crippen molar-refractivity contribution in [3.63, 3.8) is 0 Å². The Morgan fingerprint density at radius 3 is 2.62 bits per heavy atom. The molecule has 0 aliphatic carbocycles. The molecule has 0 saturated carbocycles. The van der Waals surface area contributed by atoms with Crippen molar-refractivity contribution in [2.24, 2.45) is 0 Å². The standard InChI is InChI=1S/C16H16ClN3O3S/c1-3-8-24-16-18-9-12(17)13(20-16)14(21)19-11-6-4-10(5-7-11)15(22)23-2/h4-7,9H,3,8H2,1-2H3,(H,19,21). The molecule has 24 heavy (non-hydrogen) atoms. The Labute approximate surface area is 149 Å². The summed E-state index contributed by atoms with van der Waals surface area (Å²) < 4.78 is 4.62. The quantitative estimate of drug-likeness (QED) is 0.478. The summed E-state index contributed by atoms with van der Waals surface area (Å²) in [6.07, 6.45) is 2.40. The number of halogens is 1. The number of anilines is 1. The van der Waals surface area contributed by atoms with Crippen LogP contribution in [0.15, 0.2) is 35.6 Å². The second kappa shape index (κ2) is 8.65. The molecule has 1 aromatic carbocycles. The fourth-order valence-electron chi connectivity index (χ4n) is 1.77. The minimum Gasteiger partial charge on any atom is -0.465 e. The van der Waals surface area contributed by atoms with Crippen LogP contribution in [0.5, 0.6) is 0 Å². The monoisotopic (exact) mass is 365 g/mol. The van der Waals surface area contributed by atoms with Gasteiger partial charge in [0.05, 0.1) is 23.9 Å². The first-order valence-electron chi connectivity index (χ1n) is 7.20. The minimum absolute atomic E-state index is 0.113. The van der Waals surface area contributed by atoms with E-state index >= 15 is 0 Å². The zero-order chi connectivity index (χ0) is 17.5. The van der Waals surface area contributed by atoms with E-state index in [1.807, 2.05) is 0 Å². The molecule has 8 heteroatoms. The maximum absolute atomic E-state index is 12.3. The van der Waals surface area contributed by atoms with Gasteiger partial charge in [0.1, 0.15) is 0 Å². The van der Waals surface area contributed by atoms with Crippen molar-refractivity contribution in [1.29, 1.82) is 0 Å². The highest BCUT2D eigenvalue weighted by Crippen LogP contribution is 2.20. The average Bonchev–Trinajstić information content (AvgIpc) is 2.60. The smallest absolute Gasteiger partial charge is 0.337 e. The van der Waals surface area contributed by atoms with Crippen LogP contribution < -0.4 is 5.32 Å². The number of hydrogen-bond donors (Lipinski definition) is 1. The molecular formula is C16H16ClN3O3S. The number of benzene rings is 1. The molecule has 0 saturated heterocycles. The van der Waals surface area contributed by atoms with Gasteiger partial charge in [-0.15, -0.1) is 0 Å². The first kappa shape index (κ1) is 18.2. The van der Waals surface area contributed by atoms with Gasteiger partial charge in [-0.2, -0.15) is 0 Å². The fourth-order valence-corrected chi connectivity index (χ4v) is 2.62. The van der Waals surface area contributed by atoms with E-state index in [4.69, 9.17) is 11.6 Å². The summed E-state index contributed by atoms with van der Waals surface area (Å²) >= 11 is 7.48. The molecule has 0 bridgehead atoms. The van der Waals surface area contributed by atoms with Crippen LogP contribution in [0, 0.1) is 0 Å². The Bertz CT molecular complexity index is 738. The molecule has 2 aromatic rings. The molecule has 1 N–H and O–H groups in total. The number of carbonyl (C=O) groups is 2. The van der Waals surface area contributed by atoms with Crippen LogP contribution in [0.3, 0.4) is 0 Å². The topological polar surface area (TPSA) is 81.2 Å². The second-order valence-corrected chi connectivity index (χ2v) is 6.19. The third-order valence-electron chi connectivity index (χ3n) is 2.94. The Balaban J connectivity index is 2.13. The van der Waals surface area contributed by atoms with Crippen molar-refractivity contribution in [3.05, 3.63) is 46.7 Å². The van der Waals surface area contributed by atoms with E-state index in [0.29, 0.717) is 16.4 Å². The summed E-state index contributed by atoms with van der Waals surface area (Å²) in [4.78, 5) is 32.0. The maximum atomic E-state index is 12.3. The van der Waals surface area contributed by atoms with E-state index in [1.54, 1.807) is 24.3 Å². The first-order valence-corrected chi connectivity index (χ1v) is 8.56. The average molecular weight is 366 g/mol. The lowest BCUT2D eigenvalue weighted by atomic mass is 10.2. The number of methoxy groups -OCH3 is 1. The van der Waals surface area contributed by atoms with Crippen LogP contribution in [-0.4, -0.2) is 34.7 Å². The molecule has 6 nitrogen and oxygen atoms in total. The number of amides is 1. The number of nitrogens with zero attached hydrogens (tertiary/aromatic N) is 2. The summed E-state index contributed by atoms with van der Waals surface area (Å²) in [5, 5.41) is 3.38. The summed E-state index contributed by atoms with van der Waals surface area (Å²) in [6.45, 7) is 2.05. The molecule has 0 atom stereocenters. The Morgan fingerprint density at radius 2 is 2.00 bits per heavy atom. The lowest BCUT2D eigenvalue weighted by Gasteiger charge is -2.08. The second-order valence-electron chi connectivity index (χ2n) is 4.72. The summed E-state index contributed by atoms with van der Waals surface area (Å²) in [7, 11) is 1.31. The van der Waals surface area contributed by atoms with Crippen LogP contribution in [-0.2, 0) is 4.74 Å². The summed E-state index contributed by atoms with van der Waals surface area (Å²) in [5.74, 6) is -0.0200. The third-order valence-corrected chi connectivity index (χ3v) is 4.28. The maximum Gasteiger partial charge on any atom is 0.337 e. The normalized spacial score (nSPS) is 10.3. The van der Waals surface area contributed by atoms with Crippen LogP contribution in [0.25, 0.3) is 0 Å². The van der Waals surface area contributed by atoms with E-state index in [9.17, 15) is 9.59 Å². The molecule has 0 fully saturated rings. The predicted molar refractivity (Wildman–Crippen MR) is 93.8 cm³/mol. The fraction of sp³-hybridized carbons (Fsp3) is 0.250. The summed E-state index contributed by atoms with van der Waals surface area (Å²) in [5.41, 5.74) is 1.03. The molecule has 1 amide bonds. The highest BCUT2D eigenvalue weighted by Gasteiger charge is 2.15. The molecule has 0 radical (unpaired) electrons. The molecule has 0 unspecified atom stereocenters. The van der Waals surface area contributed by atoms with Crippen LogP contribution >= 0.6 is 23.4 Å². The summed E-state index contributed by atoms with van der Waals surface area (Å²) in [6, 6.07) is 6.33. The first-order chi connectivity index (χ1) is 11.5. The van der Waals surface area contributed by atoms with Gasteiger partial charge in [-0.25, -0.2) is 14.8 Å². The van der Waals surface area contributed by atoms with Crippen LogP contribution in [0.2, 0.25) is 5.02 Å². The van der Waals surface area contributed by atoms with Gasteiger partial charge in [-0.05, 0) is 30.7 Å². The van der Waals surface area contributed by atoms with Gasteiger partial charge < -0.3 is 10.1 Å². The number of aromatic nitrogens is 2. The van der Waals surface area contributed by atoms with Gasteiger partial charge >= 0.3 is 5.97 Å². The van der Waals surface area contributed by atoms with Gasteiger partial charge in [0.25, 0.3) is 5.91 Å². The number of ether oxygens (including phenoxy) is 1. The zero-order valence-corrected chi connectivity index (χ0v) is 14.8. The largest absolute Gasteiger partial charge is 0.465 e. The minimum atomic E-state index is -0.440. The number of thioether (sulfide) groups is 1. The van der Waals surface area contributed by atoms with Gasteiger partial charge in [0, 0.05) is 11.4 Å². The highest BCUT2D eigenvalue weighted by atomic mass is 35.5. The lowest BCUT2D eigenvalue weighted by molar-refractivity contribution is 0.0600. The van der Waals surface area contributed by atoms with Crippen LogP contribution in [0.1, 0.15) is 34.2 Å². The number of nitrogens with one attached hydrogen (secondary N) is 1.